The summed E-state index contributed by atoms with van der Waals surface area (Å²) in [5, 5.41) is 23.6. The van der Waals surface area contributed by atoms with Crippen molar-refractivity contribution in [2.24, 2.45) is 0 Å². The first-order chi connectivity index (χ1) is 15.6. The van der Waals surface area contributed by atoms with Crippen LogP contribution in [0.25, 0.3) is 17.1 Å². The van der Waals surface area contributed by atoms with Gasteiger partial charge in [-0.3, -0.25) is 9.36 Å². The van der Waals surface area contributed by atoms with Gasteiger partial charge in [-0.05, 0) is 42.6 Å². The molecule has 0 radical (unpaired) electrons. The second kappa shape index (κ2) is 9.68. The number of para-hydroxylation sites is 1. The number of nitriles is 1. The number of nitrogens with one attached hydrogen (secondary N) is 1. The molecule has 7 nitrogen and oxygen atoms in total. The lowest BCUT2D eigenvalue weighted by molar-refractivity contribution is -0.113. The number of hydrogen-bond donors (Lipinski definition) is 1. The second-order valence-electron chi connectivity index (χ2n) is 6.79. The number of carbonyl (C=O) groups excluding carboxylic acids is 1. The van der Waals surface area contributed by atoms with Crippen molar-refractivity contribution in [3.63, 3.8) is 0 Å². The molecule has 0 spiro atoms. The van der Waals surface area contributed by atoms with Crippen LogP contribution in [0.5, 0.6) is 5.75 Å². The van der Waals surface area contributed by atoms with E-state index in [1.807, 2.05) is 60.0 Å². The number of aromatic nitrogens is 3. The molecule has 1 N–H and O–H groups in total. The predicted molar refractivity (Wildman–Crippen MR) is 126 cm³/mol. The average Bonchev–Trinajstić information content (AvgIpc) is 3.44. The third-order valence-electron chi connectivity index (χ3n) is 4.64. The van der Waals surface area contributed by atoms with Gasteiger partial charge in [-0.1, -0.05) is 41.6 Å². The molecule has 0 fully saturated rings. The van der Waals surface area contributed by atoms with Crippen molar-refractivity contribution < 1.29 is 9.53 Å². The van der Waals surface area contributed by atoms with Crippen molar-refractivity contribution in [3.05, 3.63) is 71.1 Å². The van der Waals surface area contributed by atoms with Crippen LogP contribution < -0.4 is 10.1 Å². The smallest absolute Gasteiger partial charge is 0.235 e. The minimum Gasteiger partial charge on any atom is -0.496 e. The third kappa shape index (κ3) is 4.51. The van der Waals surface area contributed by atoms with Crippen LogP contribution in [0, 0.1) is 18.3 Å². The van der Waals surface area contributed by atoms with Gasteiger partial charge < -0.3 is 10.1 Å². The van der Waals surface area contributed by atoms with Gasteiger partial charge in [0.25, 0.3) is 0 Å². The maximum Gasteiger partial charge on any atom is 0.235 e. The fourth-order valence-electron chi connectivity index (χ4n) is 3.08. The molecule has 0 bridgehead atoms. The van der Waals surface area contributed by atoms with E-state index < -0.39 is 0 Å². The zero-order valence-electron chi connectivity index (χ0n) is 17.4. The lowest BCUT2D eigenvalue weighted by atomic mass is 10.1. The molecule has 0 saturated carbocycles. The van der Waals surface area contributed by atoms with Crippen LogP contribution in [0.1, 0.15) is 11.1 Å². The molecule has 0 atom stereocenters. The Morgan fingerprint density at radius 3 is 2.72 bits per heavy atom. The Labute approximate surface area is 193 Å². The predicted octanol–water partition coefficient (Wildman–Crippen LogP) is 4.92. The van der Waals surface area contributed by atoms with Crippen molar-refractivity contribution in [1.82, 2.24) is 14.8 Å². The number of anilines is 1. The van der Waals surface area contributed by atoms with Gasteiger partial charge in [0.05, 0.1) is 24.0 Å². The molecule has 0 aliphatic heterocycles. The van der Waals surface area contributed by atoms with Crippen LogP contribution in [0.4, 0.5) is 5.00 Å². The van der Waals surface area contributed by atoms with Gasteiger partial charge in [-0.25, -0.2) is 0 Å². The fraction of sp³-hybridized carbons (Fsp3) is 0.130. The first-order valence-corrected chi connectivity index (χ1v) is 11.5. The SMILES string of the molecule is COc1ccccc1-c1nnc(SCC(=O)Nc2sccc2C#N)n1-c1ccc(C)cc1. The largest absolute Gasteiger partial charge is 0.496 e. The molecule has 2 heterocycles. The van der Waals surface area contributed by atoms with Crippen molar-refractivity contribution >= 4 is 34.0 Å². The summed E-state index contributed by atoms with van der Waals surface area (Å²) in [6.07, 6.45) is 0. The Bertz CT molecular complexity index is 1290. The van der Waals surface area contributed by atoms with Gasteiger partial charge >= 0.3 is 0 Å². The van der Waals surface area contributed by atoms with Gasteiger partial charge in [0.1, 0.15) is 16.8 Å². The summed E-state index contributed by atoms with van der Waals surface area (Å²) in [5.74, 6) is 1.22. The van der Waals surface area contributed by atoms with Gasteiger partial charge in [0.15, 0.2) is 11.0 Å². The fourth-order valence-corrected chi connectivity index (χ4v) is 4.59. The summed E-state index contributed by atoms with van der Waals surface area (Å²) in [6.45, 7) is 2.02. The second-order valence-corrected chi connectivity index (χ2v) is 8.65. The lowest BCUT2D eigenvalue weighted by Gasteiger charge is -2.12. The third-order valence-corrected chi connectivity index (χ3v) is 6.40. The Morgan fingerprint density at radius 1 is 1.19 bits per heavy atom. The van der Waals surface area contributed by atoms with E-state index in [2.05, 4.69) is 21.6 Å². The van der Waals surface area contributed by atoms with Crippen LogP contribution in [-0.4, -0.2) is 33.5 Å². The average molecular weight is 462 g/mol. The van der Waals surface area contributed by atoms with Crippen LogP contribution in [0.15, 0.2) is 65.1 Å². The number of nitrogens with zero attached hydrogens (tertiary/aromatic N) is 4. The van der Waals surface area contributed by atoms with Crippen LogP contribution >= 0.6 is 23.1 Å². The van der Waals surface area contributed by atoms with Gasteiger partial charge in [-0.15, -0.1) is 21.5 Å². The molecule has 0 unspecified atom stereocenters. The van der Waals surface area contributed by atoms with E-state index in [1.54, 1.807) is 18.6 Å². The Hall–Kier alpha value is -3.61. The molecule has 9 heteroatoms. The number of carbonyl (C=O) groups is 1. The molecule has 0 aliphatic carbocycles. The van der Waals surface area contributed by atoms with Gasteiger partial charge in [0.2, 0.25) is 5.91 Å². The lowest BCUT2D eigenvalue weighted by Crippen LogP contribution is -2.14. The number of benzene rings is 2. The number of hydrogen-bond acceptors (Lipinski definition) is 7. The summed E-state index contributed by atoms with van der Waals surface area (Å²) in [5.41, 5.74) is 3.28. The summed E-state index contributed by atoms with van der Waals surface area (Å²) in [6, 6.07) is 19.4. The van der Waals surface area contributed by atoms with E-state index in [4.69, 9.17) is 10.00 Å². The van der Waals surface area contributed by atoms with Crippen LogP contribution in [0.3, 0.4) is 0 Å². The minimum atomic E-state index is -0.216. The van der Waals surface area contributed by atoms with Crippen molar-refractivity contribution in [2.45, 2.75) is 12.1 Å². The minimum absolute atomic E-state index is 0.124. The number of thiophene rings is 1. The molecule has 1 amide bonds. The highest BCUT2D eigenvalue weighted by molar-refractivity contribution is 7.99. The summed E-state index contributed by atoms with van der Waals surface area (Å²) >= 11 is 2.60. The number of aryl methyl sites for hydroxylation is 1. The maximum absolute atomic E-state index is 12.5. The topological polar surface area (TPSA) is 92.8 Å². The molecule has 0 aliphatic rings. The number of thioether (sulfide) groups is 1. The zero-order chi connectivity index (χ0) is 22.5. The maximum atomic E-state index is 12.5. The van der Waals surface area contributed by atoms with E-state index in [9.17, 15) is 4.79 Å². The van der Waals surface area contributed by atoms with Gasteiger partial charge in [-0.2, -0.15) is 5.26 Å². The summed E-state index contributed by atoms with van der Waals surface area (Å²) in [7, 11) is 1.62. The summed E-state index contributed by atoms with van der Waals surface area (Å²) < 4.78 is 7.44. The highest BCUT2D eigenvalue weighted by Crippen LogP contribution is 2.33. The molecule has 160 valence electrons. The van der Waals surface area contributed by atoms with Crippen LogP contribution in [0.2, 0.25) is 0 Å². The number of methoxy groups -OCH3 is 1. The number of amides is 1. The molecular formula is C23H19N5O2S2. The number of ether oxygens (including phenoxy) is 1. The van der Waals surface area contributed by atoms with E-state index in [0.29, 0.717) is 27.3 Å². The Balaban J connectivity index is 1.65. The standard InChI is InChI=1S/C23H19N5O2S2/c1-15-7-9-17(10-8-15)28-21(18-5-3-4-6-19(18)30-2)26-27-23(28)32-14-20(29)25-22-16(13-24)11-12-31-22/h3-12H,14H2,1-2H3,(H,25,29). The molecule has 2 aromatic carbocycles. The first-order valence-electron chi connectivity index (χ1n) is 9.67. The molecule has 32 heavy (non-hydrogen) atoms. The van der Waals surface area contributed by atoms with Crippen molar-refractivity contribution in [3.8, 4) is 28.9 Å². The van der Waals surface area contributed by atoms with E-state index in [0.717, 1.165) is 16.8 Å². The Kier molecular flexibility index (Phi) is 6.54. The molecule has 4 rings (SSSR count). The van der Waals surface area contributed by atoms with E-state index in [1.165, 1.54) is 23.1 Å². The monoisotopic (exact) mass is 461 g/mol. The normalized spacial score (nSPS) is 10.5. The quantitative estimate of drug-likeness (QED) is 0.393. The van der Waals surface area contributed by atoms with E-state index >= 15 is 0 Å². The molecular weight excluding hydrogens is 442 g/mol. The molecule has 0 saturated heterocycles. The van der Waals surface area contributed by atoms with Gasteiger partial charge in [0, 0.05) is 5.69 Å². The molecule has 4 aromatic rings. The molecule has 2 aromatic heterocycles. The van der Waals surface area contributed by atoms with Crippen LogP contribution in [-0.2, 0) is 4.79 Å². The first kappa shape index (κ1) is 21.6. The van der Waals surface area contributed by atoms with E-state index in [-0.39, 0.29) is 11.7 Å². The van der Waals surface area contributed by atoms with Crippen molar-refractivity contribution in [1.29, 1.82) is 5.26 Å². The summed E-state index contributed by atoms with van der Waals surface area (Å²) in [4.78, 5) is 12.5. The number of rotatable bonds is 7. The Morgan fingerprint density at radius 2 is 1.97 bits per heavy atom. The highest BCUT2D eigenvalue weighted by atomic mass is 32.2. The highest BCUT2D eigenvalue weighted by Gasteiger charge is 2.20. The van der Waals surface area contributed by atoms with Crippen molar-refractivity contribution in [2.75, 3.05) is 18.2 Å². The zero-order valence-corrected chi connectivity index (χ0v) is 19.0.